The van der Waals surface area contributed by atoms with Crippen molar-refractivity contribution in [2.75, 3.05) is 0 Å². The van der Waals surface area contributed by atoms with Gasteiger partial charge in [0.25, 0.3) is 0 Å². The highest BCUT2D eigenvalue weighted by molar-refractivity contribution is 5.69. The zero-order valence-electron chi connectivity index (χ0n) is 8.91. The van der Waals surface area contributed by atoms with Crippen molar-refractivity contribution in [2.24, 2.45) is 23.7 Å². The average Bonchev–Trinajstić information content (AvgIpc) is 2.59. The van der Waals surface area contributed by atoms with Crippen molar-refractivity contribution in [1.29, 1.82) is 0 Å². The number of fused-ring (bicyclic) bond motifs is 1. The molecule has 3 atom stereocenters. The van der Waals surface area contributed by atoms with Gasteiger partial charge in [-0.15, -0.1) is 0 Å². The third kappa shape index (κ3) is 1.79. The van der Waals surface area contributed by atoms with Crippen LogP contribution in [0.5, 0.6) is 0 Å². The molecule has 2 rings (SSSR count). The Bertz CT molecular complexity index is 210. The molecule has 80 valence electrons. The number of carboxylic acids is 1. The molecular formula is C12H20O2. The van der Waals surface area contributed by atoms with Crippen LogP contribution in [0, 0.1) is 23.7 Å². The Morgan fingerprint density at radius 1 is 1.21 bits per heavy atom. The minimum atomic E-state index is -0.603. The van der Waals surface area contributed by atoms with E-state index in [4.69, 9.17) is 5.11 Å². The van der Waals surface area contributed by atoms with E-state index in [1.807, 2.05) is 6.92 Å². The topological polar surface area (TPSA) is 37.3 Å². The number of aliphatic carboxylic acids is 1. The number of carboxylic acid groups (broad SMARTS) is 1. The summed E-state index contributed by atoms with van der Waals surface area (Å²) < 4.78 is 0. The maximum atomic E-state index is 10.9. The lowest BCUT2D eigenvalue weighted by Crippen LogP contribution is -2.18. The van der Waals surface area contributed by atoms with E-state index < -0.39 is 5.97 Å². The molecule has 0 aromatic heterocycles. The van der Waals surface area contributed by atoms with Crippen LogP contribution in [0.3, 0.4) is 0 Å². The standard InChI is InChI=1S/C12H20O2/c1-8(12(13)14)11-6-9-4-2-3-5-10(9)7-11/h8-11H,2-7H2,1H3,(H,13,14). The van der Waals surface area contributed by atoms with Gasteiger partial charge >= 0.3 is 5.97 Å². The largest absolute Gasteiger partial charge is 0.481 e. The van der Waals surface area contributed by atoms with E-state index in [-0.39, 0.29) is 5.92 Å². The van der Waals surface area contributed by atoms with Crippen LogP contribution in [0.25, 0.3) is 0 Å². The van der Waals surface area contributed by atoms with Gasteiger partial charge in [0, 0.05) is 0 Å². The second-order valence-electron chi connectivity index (χ2n) is 5.16. The van der Waals surface area contributed by atoms with Crippen molar-refractivity contribution in [1.82, 2.24) is 0 Å². The molecule has 2 aliphatic carbocycles. The minimum absolute atomic E-state index is 0.124. The van der Waals surface area contributed by atoms with Gasteiger partial charge in [-0.05, 0) is 30.6 Å². The molecule has 14 heavy (non-hydrogen) atoms. The van der Waals surface area contributed by atoms with Crippen LogP contribution >= 0.6 is 0 Å². The highest BCUT2D eigenvalue weighted by Crippen LogP contribution is 2.47. The highest BCUT2D eigenvalue weighted by atomic mass is 16.4. The minimum Gasteiger partial charge on any atom is -0.481 e. The number of hydrogen-bond donors (Lipinski definition) is 1. The smallest absolute Gasteiger partial charge is 0.306 e. The molecule has 0 amide bonds. The van der Waals surface area contributed by atoms with Crippen molar-refractivity contribution >= 4 is 5.97 Å². The normalized spacial score (nSPS) is 39.1. The fourth-order valence-corrected chi connectivity index (χ4v) is 3.39. The second kappa shape index (κ2) is 3.92. The molecule has 2 saturated carbocycles. The molecule has 2 aliphatic rings. The third-order valence-corrected chi connectivity index (χ3v) is 4.37. The Hall–Kier alpha value is -0.530. The van der Waals surface area contributed by atoms with E-state index in [9.17, 15) is 4.79 Å². The summed E-state index contributed by atoms with van der Waals surface area (Å²) in [5.74, 6) is 1.45. The number of hydrogen-bond acceptors (Lipinski definition) is 1. The van der Waals surface area contributed by atoms with Gasteiger partial charge in [-0.2, -0.15) is 0 Å². The van der Waals surface area contributed by atoms with Gasteiger partial charge in [0.05, 0.1) is 5.92 Å². The Kier molecular flexibility index (Phi) is 2.80. The predicted molar refractivity (Wildman–Crippen MR) is 55.0 cm³/mol. The molecule has 3 unspecified atom stereocenters. The molecule has 0 aromatic rings. The van der Waals surface area contributed by atoms with Gasteiger partial charge < -0.3 is 5.11 Å². The molecule has 0 radical (unpaired) electrons. The molecule has 0 saturated heterocycles. The van der Waals surface area contributed by atoms with Crippen LogP contribution < -0.4 is 0 Å². The first-order chi connectivity index (χ1) is 6.68. The fourth-order valence-electron chi connectivity index (χ4n) is 3.39. The number of carbonyl (C=O) groups is 1. The fraction of sp³-hybridized carbons (Fsp3) is 0.917. The Morgan fingerprint density at radius 3 is 2.14 bits per heavy atom. The molecule has 0 aliphatic heterocycles. The first-order valence-corrected chi connectivity index (χ1v) is 5.91. The van der Waals surface area contributed by atoms with Crippen molar-refractivity contribution in [3.8, 4) is 0 Å². The monoisotopic (exact) mass is 196 g/mol. The van der Waals surface area contributed by atoms with Gasteiger partial charge in [-0.25, -0.2) is 0 Å². The molecule has 1 N–H and O–H groups in total. The van der Waals surface area contributed by atoms with E-state index in [0.29, 0.717) is 5.92 Å². The molecular weight excluding hydrogens is 176 g/mol. The first-order valence-electron chi connectivity index (χ1n) is 5.91. The van der Waals surface area contributed by atoms with E-state index in [1.54, 1.807) is 0 Å². The van der Waals surface area contributed by atoms with Crippen LogP contribution in [0.1, 0.15) is 45.4 Å². The van der Waals surface area contributed by atoms with E-state index in [2.05, 4.69) is 0 Å². The zero-order chi connectivity index (χ0) is 10.1. The average molecular weight is 196 g/mol. The summed E-state index contributed by atoms with van der Waals surface area (Å²) in [5, 5.41) is 8.98. The zero-order valence-corrected chi connectivity index (χ0v) is 8.91. The maximum absolute atomic E-state index is 10.9. The van der Waals surface area contributed by atoms with Gasteiger partial charge in [0.15, 0.2) is 0 Å². The summed E-state index contributed by atoms with van der Waals surface area (Å²) in [5.41, 5.74) is 0. The van der Waals surface area contributed by atoms with Crippen LogP contribution in [-0.2, 0) is 4.79 Å². The lowest BCUT2D eigenvalue weighted by Gasteiger charge is -2.24. The maximum Gasteiger partial charge on any atom is 0.306 e. The summed E-state index contributed by atoms with van der Waals surface area (Å²) in [6.07, 6.45) is 7.81. The van der Waals surface area contributed by atoms with Crippen LogP contribution in [0.4, 0.5) is 0 Å². The van der Waals surface area contributed by atoms with Crippen molar-refractivity contribution in [3.63, 3.8) is 0 Å². The molecule has 2 heteroatoms. The van der Waals surface area contributed by atoms with Crippen molar-refractivity contribution < 1.29 is 9.90 Å². The third-order valence-electron chi connectivity index (χ3n) is 4.37. The Balaban J connectivity index is 1.95. The lowest BCUT2D eigenvalue weighted by atomic mass is 9.82. The van der Waals surface area contributed by atoms with Gasteiger partial charge in [0.2, 0.25) is 0 Å². The summed E-state index contributed by atoms with van der Waals surface area (Å²) in [4.78, 5) is 10.9. The lowest BCUT2D eigenvalue weighted by molar-refractivity contribution is -0.142. The van der Waals surface area contributed by atoms with E-state index in [0.717, 1.165) is 11.8 Å². The molecule has 2 fully saturated rings. The van der Waals surface area contributed by atoms with Crippen molar-refractivity contribution in [2.45, 2.75) is 45.4 Å². The Morgan fingerprint density at radius 2 is 1.71 bits per heavy atom. The first kappa shape index (κ1) is 10.0. The van der Waals surface area contributed by atoms with Crippen LogP contribution in [-0.4, -0.2) is 11.1 Å². The molecule has 0 bridgehead atoms. The van der Waals surface area contributed by atoms with Crippen LogP contribution in [0.2, 0.25) is 0 Å². The molecule has 0 spiro atoms. The highest BCUT2D eigenvalue weighted by Gasteiger charge is 2.39. The second-order valence-corrected chi connectivity index (χ2v) is 5.16. The van der Waals surface area contributed by atoms with E-state index >= 15 is 0 Å². The summed E-state index contributed by atoms with van der Waals surface area (Å²) >= 11 is 0. The predicted octanol–water partition coefficient (Wildman–Crippen LogP) is 2.92. The molecule has 2 nitrogen and oxygen atoms in total. The molecule has 0 heterocycles. The Labute approximate surface area is 85.7 Å². The van der Waals surface area contributed by atoms with Gasteiger partial charge in [-0.1, -0.05) is 32.6 Å². The van der Waals surface area contributed by atoms with Crippen LogP contribution in [0.15, 0.2) is 0 Å². The van der Waals surface area contributed by atoms with E-state index in [1.165, 1.54) is 38.5 Å². The van der Waals surface area contributed by atoms with Gasteiger partial charge in [0.1, 0.15) is 0 Å². The van der Waals surface area contributed by atoms with Gasteiger partial charge in [-0.3, -0.25) is 4.79 Å². The summed E-state index contributed by atoms with van der Waals surface area (Å²) in [6, 6.07) is 0. The molecule has 0 aromatic carbocycles. The quantitative estimate of drug-likeness (QED) is 0.737. The summed E-state index contributed by atoms with van der Waals surface area (Å²) in [7, 11) is 0. The number of rotatable bonds is 2. The summed E-state index contributed by atoms with van der Waals surface area (Å²) in [6.45, 7) is 1.88. The SMILES string of the molecule is CC(C(=O)O)C1CC2CCCCC2C1. The van der Waals surface area contributed by atoms with Crippen molar-refractivity contribution in [3.05, 3.63) is 0 Å².